The second-order valence-corrected chi connectivity index (χ2v) is 5.36. The summed E-state index contributed by atoms with van der Waals surface area (Å²) in [6.45, 7) is 3.89. The number of alkyl halides is 3. The van der Waals surface area contributed by atoms with Crippen molar-refractivity contribution in [3.05, 3.63) is 23.8 Å². The van der Waals surface area contributed by atoms with Crippen molar-refractivity contribution < 1.29 is 18.0 Å². The van der Waals surface area contributed by atoms with Crippen molar-refractivity contribution in [2.75, 3.05) is 30.3 Å². The van der Waals surface area contributed by atoms with Gasteiger partial charge in [-0.3, -0.25) is 4.79 Å². The summed E-state index contributed by atoms with van der Waals surface area (Å²) in [5.74, 6) is -0.447. The lowest BCUT2D eigenvalue weighted by Crippen LogP contribution is -2.25. The normalized spacial score (nSPS) is 16.8. The highest BCUT2D eigenvalue weighted by Gasteiger charge is 2.31. The standard InChI is InChI=1S/C15H20F3N3O.2ClH/c1-2-6-20-12-4-3-11(15(16,17)18)8-13(12)21-14(22)10-5-7-19-9-10;;/h3-4,8,10,19-20H,2,5-7,9H2,1H3,(H,21,22);2*1H. The van der Waals surface area contributed by atoms with Crippen molar-refractivity contribution >= 4 is 42.1 Å². The van der Waals surface area contributed by atoms with Crippen LogP contribution in [0, 0.1) is 5.92 Å². The smallest absolute Gasteiger partial charge is 0.383 e. The molecular formula is C15H22Cl2F3N3O. The van der Waals surface area contributed by atoms with Crippen LogP contribution in [-0.2, 0) is 11.0 Å². The Morgan fingerprint density at radius 2 is 2.00 bits per heavy atom. The van der Waals surface area contributed by atoms with E-state index in [9.17, 15) is 18.0 Å². The van der Waals surface area contributed by atoms with E-state index in [4.69, 9.17) is 0 Å². The molecule has 1 amide bonds. The lowest BCUT2D eigenvalue weighted by molar-refractivity contribution is -0.137. The summed E-state index contributed by atoms with van der Waals surface area (Å²) >= 11 is 0. The van der Waals surface area contributed by atoms with Crippen molar-refractivity contribution in [3.8, 4) is 0 Å². The first kappa shape index (κ1) is 22.8. The van der Waals surface area contributed by atoms with E-state index in [1.165, 1.54) is 6.07 Å². The van der Waals surface area contributed by atoms with Crippen molar-refractivity contribution in [1.82, 2.24) is 5.32 Å². The zero-order chi connectivity index (χ0) is 16.2. The van der Waals surface area contributed by atoms with Crippen molar-refractivity contribution in [2.45, 2.75) is 25.9 Å². The first-order chi connectivity index (χ1) is 10.4. The van der Waals surface area contributed by atoms with Gasteiger partial charge >= 0.3 is 6.18 Å². The maximum absolute atomic E-state index is 12.8. The lowest BCUT2D eigenvalue weighted by atomic mass is 10.1. The Bertz CT molecular complexity index is 535. The van der Waals surface area contributed by atoms with Crippen LogP contribution < -0.4 is 16.0 Å². The third kappa shape index (κ3) is 6.03. The summed E-state index contributed by atoms with van der Waals surface area (Å²) in [6.07, 6.45) is -2.90. The molecule has 0 aromatic heterocycles. The second kappa shape index (κ2) is 9.96. The topological polar surface area (TPSA) is 53.2 Å². The zero-order valence-electron chi connectivity index (χ0n) is 13.2. The Hall–Kier alpha value is -1.18. The van der Waals surface area contributed by atoms with Gasteiger partial charge in [-0.05, 0) is 37.6 Å². The van der Waals surface area contributed by atoms with Crippen LogP contribution in [0.25, 0.3) is 0 Å². The number of halogens is 5. The molecule has 1 aromatic carbocycles. The number of nitrogens with one attached hydrogen (secondary N) is 3. The summed E-state index contributed by atoms with van der Waals surface area (Å²) in [5, 5.41) is 8.74. The van der Waals surface area contributed by atoms with Gasteiger partial charge in [0.1, 0.15) is 0 Å². The number of hydrogen-bond acceptors (Lipinski definition) is 3. The Labute approximate surface area is 151 Å². The molecule has 1 atom stereocenters. The van der Waals surface area contributed by atoms with Gasteiger partial charge in [-0.2, -0.15) is 13.2 Å². The first-order valence-corrected chi connectivity index (χ1v) is 7.38. The molecule has 1 fully saturated rings. The van der Waals surface area contributed by atoms with E-state index in [1.807, 2.05) is 6.92 Å². The van der Waals surface area contributed by atoms with Gasteiger partial charge in [0.05, 0.1) is 22.9 Å². The van der Waals surface area contributed by atoms with Gasteiger partial charge in [0.2, 0.25) is 5.91 Å². The van der Waals surface area contributed by atoms with Gasteiger partial charge < -0.3 is 16.0 Å². The maximum Gasteiger partial charge on any atom is 0.416 e. The van der Waals surface area contributed by atoms with Crippen LogP contribution in [0.1, 0.15) is 25.3 Å². The molecule has 4 nitrogen and oxygen atoms in total. The number of hydrogen-bond donors (Lipinski definition) is 3. The van der Waals surface area contributed by atoms with E-state index in [0.29, 0.717) is 25.2 Å². The molecule has 1 saturated heterocycles. The first-order valence-electron chi connectivity index (χ1n) is 7.38. The average molecular weight is 388 g/mol. The fraction of sp³-hybridized carbons (Fsp3) is 0.533. The highest BCUT2D eigenvalue weighted by Crippen LogP contribution is 2.34. The van der Waals surface area contributed by atoms with E-state index in [-0.39, 0.29) is 42.3 Å². The fourth-order valence-corrected chi connectivity index (χ4v) is 2.35. The maximum atomic E-state index is 12.8. The number of carbonyl (C=O) groups excluding carboxylic acids is 1. The molecule has 0 radical (unpaired) electrons. The van der Waals surface area contributed by atoms with Crippen molar-refractivity contribution in [1.29, 1.82) is 0 Å². The van der Waals surface area contributed by atoms with Crippen molar-refractivity contribution in [3.63, 3.8) is 0 Å². The lowest BCUT2D eigenvalue weighted by Gasteiger charge is -2.17. The molecule has 0 bridgehead atoms. The van der Waals surface area contributed by atoms with Crippen LogP contribution in [0.4, 0.5) is 24.5 Å². The highest BCUT2D eigenvalue weighted by atomic mass is 35.5. The molecule has 0 spiro atoms. The molecule has 0 saturated carbocycles. The fourth-order valence-electron chi connectivity index (χ4n) is 2.35. The monoisotopic (exact) mass is 387 g/mol. The van der Waals surface area contributed by atoms with Gasteiger partial charge in [0.15, 0.2) is 0 Å². The van der Waals surface area contributed by atoms with Crippen LogP contribution >= 0.6 is 24.8 Å². The van der Waals surface area contributed by atoms with Gasteiger partial charge in [0, 0.05) is 13.1 Å². The third-order valence-corrected chi connectivity index (χ3v) is 3.60. The molecule has 1 unspecified atom stereocenters. The van der Waals surface area contributed by atoms with E-state index in [1.54, 1.807) is 0 Å². The highest BCUT2D eigenvalue weighted by molar-refractivity contribution is 5.96. The van der Waals surface area contributed by atoms with Gasteiger partial charge in [-0.25, -0.2) is 0 Å². The summed E-state index contributed by atoms with van der Waals surface area (Å²) in [6, 6.07) is 3.37. The Balaban J connectivity index is 0.00000264. The quantitative estimate of drug-likeness (QED) is 0.717. The molecule has 24 heavy (non-hydrogen) atoms. The number of rotatable bonds is 5. The van der Waals surface area contributed by atoms with Gasteiger partial charge in [0.25, 0.3) is 0 Å². The van der Waals surface area contributed by atoms with Crippen molar-refractivity contribution in [2.24, 2.45) is 5.92 Å². The number of benzene rings is 1. The van der Waals surface area contributed by atoms with E-state index in [0.717, 1.165) is 25.1 Å². The van der Waals surface area contributed by atoms with Crippen LogP contribution in [0.15, 0.2) is 18.2 Å². The van der Waals surface area contributed by atoms with E-state index < -0.39 is 11.7 Å². The minimum Gasteiger partial charge on any atom is -0.383 e. The summed E-state index contributed by atoms with van der Waals surface area (Å²) in [5.41, 5.74) is -0.0799. The average Bonchev–Trinajstić information content (AvgIpc) is 2.99. The molecule has 2 rings (SSSR count). The molecule has 1 heterocycles. The predicted octanol–water partition coefficient (Wildman–Crippen LogP) is 3.92. The number of amides is 1. The molecule has 0 aliphatic carbocycles. The number of anilines is 2. The largest absolute Gasteiger partial charge is 0.416 e. The molecule has 3 N–H and O–H groups in total. The molecule has 1 aliphatic rings. The Kier molecular flexibility index (Phi) is 9.47. The SMILES string of the molecule is CCCNc1ccc(C(F)(F)F)cc1NC(=O)C1CCNC1.Cl.Cl. The van der Waals surface area contributed by atoms with E-state index >= 15 is 0 Å². The third-order valence-electron chi connectivity index (χ3n) is 3.60. The predicted molar refractivity (Wildman–Crippen MR) is 94.3 cm³/mol. The molecule has 1 aromatic rings. The Morgan fingerprint density at radius 3 is 2.54 bits per heavy atom. The molecular weight excluding hydrogens is 366 g/mol. The van der Waals surface area contributed by atoms with Crippen LogP contribution in [0.3, 0.4) is 0 Å². The van der Waals surface area contributed by atoms with Gasteiger partial charge in [-0.15, -0.1) is 24.8 Å². The molecule has 138 valence electrons. The minimum atomic E-state index is -4.43. The molecule has 9 heteroatoms. The van der Waals surface area contributed by atoms with Crippen LogP contribution in [-0.4, -0.2) is 25.5 Å². The summed E-state index contributed by atoms with van der Waals surface area (Å²) in [4.78, 5) is 12.1. The summed E-state index contributed by atoms with van der Waals surface area (Å²) in [7, 11) is 0. The van der Waals surface area contributed by atoms with Gasteiger partial charge in [-0.1, -0.05) is 6.92 Å². The Morgan fingerprint density at radius 1 is 1.29 bits per heavy atom. The minimum absolute atomic E-state index is 0. The van der Waals surface area contributed by atoms with E-state index in [2.05, 4.69) is 16.0 Å². The zero-order valence-corrected chi connectivity index (χ0v) is 14.8. The van der Waals surface area contributed by atoms with Crippen LogP contribution in [0.2, 0.25) is 0 Å². The van der Waals surface area contributed by atoms with Crippen LogP contribution in [0.5, 0.6) is 0 Å². The second-order valence-electron chi connectivity index (χ2n) is 5.36. The number of carbonyl (C=O) groups is 1. The summed E-state index contributed by atoms with van der Waals surface area (Å²) < 4.78 is 38.5. The molecule has 1 aliphatic heterocycles.